The Balaban J connectivity index is 1.54. The molecule has 0 radical (unpaired) electrons. The van der Waals surface area contributed by atoms with E-state index in [4.69, 9.17) is 5.73 Å². The maximum absolute atomic E-state index is 13.5. The fourth-order valence-corrected chi connectivity index (χ4v) is 3.12. The van der Waals surface area contributed by atoms with E-state index >= 15 is 0 Å². The molecule has 0 unspecified atom stereocenters. The SMILES string of the molecule is Nc1cc(Br)c(F)cc1NC[C@@H]1CCN(C(=O)C2CC2)C1. The van der Waals surface area contributed by atoms with Crippen molar-refractivity contribution in [2.45, 2.75) is 19.3 Å². The summed E-state index contributed by atoms with van der Waals surface area (Å²) in [6.07, 6.45) is 3.09. The molecule has 0 bridgehead atoms. The number of nitrogen functional groups attached to an aromatic ring is 1. The van der Waals surface area contributed by atoms with Gasteiger partial charge < -0.3 is 16.0 Å². The van der Waals surface area contributed by atoms with Crippen molar-refractivity contribution in [1.29, 1.82) is 0 Å². The first kappa shape index (κ1) is 14.6. The maximum Gasteiger partial charge on any atom is 0.225 e. The van der Waals surface area contributed by atoms with Crippen LogP contribution in [-0.2, 0) is 4.79 Å². The minimum Gasteiger partial charge on any atom is -0.397 e. The topological polar surface area (TPSA) is 58.4 Å². The van der Waals surface area contributed by atoms with Gasteiger partial charge in [0.25, 0.3) is 0 Å². The molecule has 4 nitrogen and oxygen atoms in total. The average molecular weight is 356 g/mol. The average Bonchev–Trinajstić information content (AvgIpc) is 3.19. The number of halogens is 2. The lowest BCUT2D eigenvalue weighted by atomic mass is 10.1. The molecule has 2 fully saturated rings. The van der Waals surface area contributed by atoms with E-state index in [1.54, 1.807) is 6.07 Å². The Bertz CT molecular complexity index is 562. The molecule has 3 N–H and O–H groups in total. The zero-order chi connectivity index (χ0) is 15.0. The first-order valence-electron chi connectivity index (χ1n) is 7.31. The zero-order valence-corrected chi connectivity index (χ0v) is 13.3. The van der Waals surface area contributed by atoms with Gasteiger partial charge >= 0.3 is 0 Å². The minimum absolute atomic E-state index is 0.285. The molecule has 1 aromatic rings. The summed E-state index contributed by atoms with van der Waals surface area (Å²) in [4.78, 5) is 14.0. The lowest BCUT2D eigenvalue weighted by Gasteiger charge is -2.17. The molecule has 3 rings (SSSR count). The van der Waals surface area contributed by atoms with Crippen molar-refractivity contribution in [3.63, 3.8) is 0 Å². The molecule has 1 aliphatic heterocycles. The van der Waals surface area contributed by atoms with Crippen molar-refractivity contribution in [3.8, 4) is 0 Å². The summed E-state index contributed by atoms with van der Waals surface area (Å²) in [5.41, 5.74) is 7.01. The Morgan fingerprint density at radius 2 is 2.19 bits per heavy atom. The van der Waals surface area contributed by atoms with Crippen LogP contribution in [0.3, 0.4) is 0 Å². The maximum atomic E-state index is 13.5. The van der Waals surface area contributed by atoms with Gasteiger partial charge in [0.05, 0.1) is 15.8 Å². The van der Waals surface area contributed by atoms with Crippen LogP contribution in [0.1, 0.15) is 19.3 Å². The number of carbonyl (C=O) groups excluding carboxylic acids is 1. The van der Waals surface area contributed by atoms with Gasteiger partial charge in [0.1, 0.15) is 5.82 Å². The zero-order valence-electron chi connectivity index (χ0n) is 11.7. The highest BCUT2D eigenvalue weighted by molar-refractivity contribution is 9.10. The molecule has 1 saturated carbocycles. The fraction of sp³-hybridized carbons (Fsp3) is 0.533. The van der Waals surface area contributed by atoms with Crippen LogP contribution in [0.2, 0.25) is 0 Å². The molecule has 2 aliphatic rings. The van der Waals surface area contributed by atoms with Crippen molar-refractivity contribution >= 4 is 33.2 Å². The summed E-state index contributed by atoms with van der Waals surface area (Å²) in [5.74, 6) is 0.669. The van der Waals surface area contributed by atoms with Crippen molar-refractivity contribution in [1.82, 2.24) is 4.90 Å². The monoisotopic (exact) mass is 355 g/mol. The van der Waals surface area contributed by atoms with Gasteiger partial charge in [-0.05, 0) is 47.2 Å². The van der Waals surface area contributed by atoms with Crippen LogP contribution in [-0.4, -0.2) is 30.4 Å². The Morgan fingerprint density at radius 3 is 2.90 bits per heavy atom. The molecule has 0 aromatic heterocycles. The van der Waals surface area contributed by atoms with Gasteiger partial charge in [0.2, 0.25) is 5.91 Å². The molecule has 0 spiro atoms. The highest BCUT2D eigenvalue weighted by atomic mass is 79.9. The molecule has 21 heavy (non-hydrogen) atoms. The Labute approximate surface area is 132 Å². The first-order chi connectivity index (χ1) is 10.0. The van der Waals surface area contributed by atoms with Crippen LogP contribution in [0.15, 0.2) is 16.6 Å². The lowest BCUT2D eigenvalue weighted by Crippen LogP contribution is -2.30. The number of nitrogens with two attached hydrogens (primary N) is 1. The summed E-state index contributed by atoms with van der Waals surface area (Å²) in [5, 5.41) is 3.20. The minimum atomic E-state index is -0.330. The third-order valence-corrected chi connectivity index (χ3v) is 4.81. The standard InChI is InChI=1S/C15H19BrFN3O/c16-11-5-13(18)14(6-12(11)17)19-7-9-3-4-20(8-9)15(21)10-1-2-10/h5-6,9-10,19H,1-4,7-8,18H2/t9-/m0/s1. The number of rotatable bonds is 4. The van der Waals surface area contributed by atoms with Crippen LogP contribution < -0.4 is 11.1 Å². The van der Waals surface area contributed by atoms with Crippen LogP contribution in [0.25, 0.3) is 0 Å². The summed E-state index contributed by atoms with van der Waals surface area (Å²) >= 11 is 3.11. The summed E-state index contributed by atoms with van der Waals surface area (Å²) in [7, 11) is 0. The molecule has 6 heteroatoms. The molecule has 1 amide bonds. The van der Waals surface area contributed by atoms with E-state index in [1.807, 2.05) is 4.90 Å². The van der Waals surface area contributed by atoms with Crippen LogP contribution in [0.5, 0.6) is 0 Å². The van der Waals surface area contributed by atoms with Gasteiger partial charge in [-0.15, -0.1) is 0 Å². The van der Waals surface area contributed by atoms with Gasteiger partial charge in [-0.25, -0.2) is 4.39 Å². The number of nitrogens with zero attached hydrogens (tertiary/aromatic N) is 1. The third-order valence-electron chi connectivity index (χ3n) is 4.20. The first-order valence-corrected chi connectivity index (χ1v) is 8.11. The van der Waals surface area contributed by atoms with Crippen molar-refractivity contribution in [2.75, 3.05) is 30.7 Å². The highest BCUT2D eigenvalue weighted by Crippen LogP contribution is 2.33. The summed E-state index contributed by atoms with van der Waals surface area (Å²) in [6.45, 7) is 2.34. The van der Waals surface area contributed by atoms with E-state index in [9.17, 15) is 9.18 Å². The predicted molar refractivity (Wildman–Crippen MR) is 84.4 cm³/mol. The summed E-state index contributed by atoms with van der Waals surface area (Å²) < 4.78 is 13.9. The molecule has 1 saturated heterocycles. The van der Waals surface area contributed by atoms with E-state index in [1.165, 1.54) is 6.07 Å². The molecule has 1 aliphatic carbocycles. The quantitative estimate of drug-likeness (QED) is 0.816. The van der Waals surface area contributed by atoms with E-state index in [0.29, 0.717) is 34.2 Å². The molecular weight excluding hydrogens is 337 g/mol. The second kappa shape index (κ2) is 5.83. The number of nitrogens with one attached hydrogen (secondary N) is 1. The smallest absolute Gasteiger partial charge is 0.225 e. The van der Waals surface area contributed by atoms with E-state index < -0.39 is 0 Å². The molecule has 114 valence electrons. The van der Waals surface area contributed by atoms with Crippen LogP contribution >= 0.6 is 15.9 Å². The van der Waals surface area contributed by atoms with E-state index in [0.717, 1.165) is 32.4 Å². The predicted octanol–water partition coefficient (Wildman–Crippen LogP) is 2.84. The summed E-state index contributed by atoms with van der Waals surface area (Å²) in [6, 6.07) is 2.97. The van der Waals surface area contributed by atoms with Crippen molar-refractivity contribution in [2.24, 2.45) is 11.8 Å². The van der Waals surface area contributed by atoms with Gasteiger partial charge in [-0.1, -0.05) is 0 Å². The van der Waals surface area contributed by atoms with Crippen LogP contribution in [0, 0.1) is 17.7 Å². The van der Waals surface area contributed by atoms with E-state index in [2.05, 4.69) is 21.2 Å². The number of hydrogen-bond acceptors (Lipinski definition) is 3. The fourth-order valence-electron chi connectivity index (χ4n) is 2.76. The second-order valence-electron chi connectivity index (χ2n) is 5.95. The van der Waals surface area contributed by atoms with Crippen molar-refractivity contribution < 1.29 is 9.18 Å². The normalized spacial score (nSPS) is 21.6. The Hall–Kier alpha value is -1.30. The second-order valence-corrected chi connectivity index (χ2v) is 6.80. The van der Waals surface area contributed by atoms with Crippen LogP contribution in [0.4, 0.5) is 15.8 Å². The number of anilines is 2. The molecule has 1 atom stereocenters. The van der Waals surface area contributed by atoms with Gasteiger partial charge in [0, 0.05) is 31.6 Å². The third kappa shape index (κ3) is 3.31. The molecule has 1 aromatic carbocycles. The Morgan fingerprint density at radius 1 is 1.43 bits per heavy atom. The molecule has 1 heterocycles. The number of likely N-dealkylation sites (tertiary alicyclic amines) is 1. The number of hydrogen-bond donors (Lipinski definition) is 2. The van der Waals surface area contributed by atoms with Gasteiger partial charge in [-0.2, -0.15) is 0 Å². The van der Waals surface area contributed by atoms with E-state index in [-0.39, 0.29) is 11.7 Å². The molecular formula is C15H19BrFN3O. The largest absolute Gasteiger partial charge is 0.397 e. The number of carbonyl (C=O) groups is 1. The Kier molecular flexibility index (Phi) is 4.06. The number of amides is 1. The van der Waals surface area contributed by atoms with Gasteiger partial charge in [-0.3, -0.25) is 4.79 Å². The van der Waals surface area contributed by atoms with Crippen molar-refractivity contribution in [3.05, 3.63) is 22.4 Å². The highest BCUT2D eigenvalue weighted by Gasteiger charge is 2.36. The lowest BCUT2D eigenvalue weighted by molar-refractivity contribution is -0.131. The number of benzene rings is 1. The van der Waals surface area contributed by atoms with Gasteiger partial charge in [0.15, 0.2) is 0 Å².